The van der Waals surface area contributed by atoms with Gasteiger partial charge in [0.1, 0.15) is 19.3 Å². The van der Waals surface area contributed by atoms with Gasteiger partial charge in [0.2, 0.25) is 5.91 Å². The molecule has 138 valence electrons. The zero-order valence-electron chi connectivity index (χ0n) is 14.4. The summed E-state index contributed by atoms with van der Waals surface area (Å²) < 4.78 is 12.0. The van der Waals surface area contributed by atoms with E-state index in [4.69, 9.17) is 15.2 Å². The van der Waals surface area contributed by atoms with Crippen LogP contribution in [0.15, 0.2) is 16.6 Å². The van der Waals surface area contributed by atoms with Gasteiger partial charge in [-0.1, -0.05) is 35.7 Å². The molecule has 1 aromatic carbocycles. The van der Waals surface area contributed by atoms with Gasteiger partial charge in [-0.25, -0.2) is 4.79 Å². The molecule has 25 heavy (non-hydrogen) atoms. The van der Waals surface area contributed by atoms with Crippen LogP contribution in [0.5, 0.6) is 11.5 Å². The number of carbonyl (C=O) groups excluding carboxylic acids is 2. The van der Waals surface area contributed by atoms with Crippen molar-refractivity contribution in [3.05, 3.63) is 22.2 Å². The van der Waals surface area contributed by atoms with E-state index >= 15 is 0 Å². The number of ether oxygens (including phenoxy) is 2. The Hall–Kier alpha value is -1.96. The Balaban J connectivity index is 2.10. The number of unbranched alkanes of at least 4 members (excludes halogenated alkanes) is 1. The SMILES string of the molecule is CCCCC(NC(N)=O)C(=O)NC(C)c1cc2c(cc1Br)OCCO2. The average Bonchev–Trinajstić information content (AvgIpc) is 2.57. The van der Waals surface area contributed by atoms with Crippen LogP contribution in [-0.4, -0.2) is 31.2 Å². The van der Waals surface area contributed by atoms with E-state index in [0.29, 0.717) is 31.1 Å². The number of benzene rings is 1. The minimum atomic E-state index is -0.704. The van der Waals surface area contributed by atoms with Crippen molar-refractivity contribution < 1.29 is 19.1 Å². The number of amides is 3. The normalized spacial score (nSPS) is 15.2. The first-order valence-corrected chi connectivity index (χ1v) is 9.17. The molecule has 1 aliphatic heterocycles. The molecular formula is C17H24BrN3O4. The lowest BCUT2D eigenvalue weighted by Crippen LogP contribution is -2.49. The molecule has 1 aliphatic rings. The molecule has 0 aliphatic carbocycles. The van der Waals surface area contributed by atoms with Crippen molar-refractivity contribution in [1.29, 1.82) is 0 Å². The third-order valence-electron chi connectivity index (χ3n) is 3.97. The highest BCUT2D eigenvalue weighted by Crippen LogP contribution is 2.37. The Morgan fingerprint density at radius 3 is 2.48 bits per heavy atom. The summed E-state index contributed by atoms with van der Waals surface area (Å²) in [6.45, 7) is 4.91. The third kappa shape index (κ3) is 5.26. The molecular weight excluding hydrogens is 390 g/mol. The summed E-state index contributed by atoms with van der Waals surface area (Å²) in [5, 5.41) is 5.43. The first-order chi connectivity index (χ1) is 11.9. The topological polar surface area (TPSA) is 103 Å². The number of primary amides is 1. The van der Waals surface area contributed by atoms with E-state index in [1.807, 2.05) is 26.0 Å². The van der Waals surface area contributed by atoms with Crippen molar-refractivity contribution >= 4 is 27.9 Å². The van der Waals surface area contributed by atoms with Crippen molar-refractivity contribution in [2.45, 2.75) is 45.2 Å². The summed E-state index contributed by atoms with van der Waals surface area (Å²) in [7, 11) is 0. The van der Waals surface area contributed by atoms with E-state index < -0.39 is 12.1 Å². The summed E-state index contributed by atoms with van der Waals surface area (Å²) >= 11 is 3.51. The van der Waals surface area contributed by atoms with E-state index in [9.17, 15) is 9.59 Å². The van der Waals surface area contributed by atoms with E-state index in [0.717, 1.165) is 22.9 Å². The fraction of sp³-hybridized carbons (Fsp3) is 0.529. The number of rotatable bonds is 7. The Morgan fingerprint density at radius 2 is 1.88 bits per heavy atom. The molecule has 4 N–H and O–H groups in total. The molecule has 2 atom stereocenters. The van der Waals surface area contributed by atoms with Gasteiger partial charge in [-0.2, -0.15) is 0 Å². The van der Waals surface area contributed by atoms with Crippen molar-refractivity contribution in [3.63, 3.8) is 0 Å². The first-order valence-electron chi connectivity index (χ1n) is 8.37. The number of hydrogen-bond donors (Lipinski definition) is 3. The number of carbonyl (C=O) groups is 2. The fourth-order valence-corrected chi connectivity index (χ4v) is 3.32. The van der Waals surface area contributed by atoms with E-state index in [1.165, 1.54) is 0 Å². The van der Waals surface area contributed by atoms with Crippen LogP contribution < -0.4 is 25.8 Å². The molecule has 0 aromatic heterocycles. The molecule has 0 radical (unpaired) electrons. The Kier molecular flexibility index (Phi) is 6.92. The summed E-state index contributed by atoms with van der Waals surface area (Å²) in [5.74, 6) is 1.07. The standard InChI is InChI=1S/C17H24BrN3O4/c1-3-4-5-13(21-17(19)23)16(22)20-10(2)11-8-14-15(9-12(11)18)25-7-6-24-14/h8-10,13H,3-7H2,1-2H3,(H,20,22)(H3,19,21,23). The van der Waals surface area contributed by atoms with E-state index in [-0.39, 0.29) is 11.9 Å². The number of nitrogens with one attached hydrogen (secondary N) is 2. The van der Waals surface area contributed by atoms with Crippen LogP contribution in [0.4, 0.5) is 4.79 Å². The number of fused-ring (bicyclic) bond motifs is 1. The van der Waals surface area contributed by atoms with Gasteiger partial charge in [-0.05, 0) is 31.0 Å². The lowest BCUT2D eigenvalue weighted by Gasteiger charge is -2.24. The number of nitrogens with two attached hydrogens (primary N) is 1. The van der Waals surface area contributed by atoms with Crippen LogP contribution in [0, 0.1) is 0 Å². The predicted molar refractivity (Wildman–Crippen MR) is 97.7 cm³/mol. The van der Waals surface area contributed by atoms with Gasteiger partial charge in [0.25, 0.3) is 0 Å². The monoisotopic (exact) mass is 413 g/mol. The number of halogens is 1. The van der Waals surface area contributed by atoms with Gasteiger partial charge in [0, 0.05) is 4.47 Å². The maximum atomic E-state index is 12.5. The Labute approximate surface area is 155 Å². The van der Waals surface area contributed by atoms with Gasteiger partial charge in [0.05, 0.1) is 6.04 Å². The Bertz CT molecular complexity index is 639. The number of urea groups is 1. The molecule has 0 fully saturated rings. The van der Waals surface area contributed by atoms with E-state index in [1.54, 1.807) is 0 Å². The molecule has 0 bridgehead atoms. The zero-order valence-corrected chi connectivity index (χ0v) is 16.0. The largest absolute Gasteiger partial charge is 0.486 e. The molecule has 1 heterocycles. The van der Waals surface area contributed by atoms with Crippen LogP contribution in [-0.2, 0) is 4.79 Å². The molecule has 0 spiro atoms. The summed E-state index contributed by atoms with van der Waals surface area (Å²) in [6.07, 6.45) is 2.29. The van der Waals surface area contributed by atoms with Crippen LogP contribution in [0.1, 0.15) is 44.7 Å². The van der Waals surface area contributed by atoms with Crippen molar-refractivity contribution in [2.24, 2.45) is 5.73 Å². The zero-order chi connectivity index (χ0) is 18.4. The molecule has 3 amide bonds. The van der Waals surface area contributed by atoms with Gasteiger partial charge >= 0.3 is 6.03 Å². The molecule has 2 rings (SSSR count). The lowest BCUT2D eigenvalue weighted by molar-refractivity contribution is -0.123. The van der Waals surface area contributed by atoms with Crippen LogP contribution >= 0.6 is 15.9 Å². The quantitative estimate of drug-likeness (QED) is 0.638. The summed E-state index contributed by atoms with van der Waals surface area (Å²) in [5.41, 5.74) is 6.04. The van der Waals surface area contributed by atoms with Crippen LogP contribution in [0.25, 0.3) is 0 Å². The fourth-order valence-electron chi connectivity index (χ4n) is 2.65. The van der Waals surface area contributed by atoms with E-state index in [2.05, 4.69) is 26.6 Å². The lowest BCUT2D eigenvalue weighted by atomic mass is 10.1. The molecule has 1 aromatic rings. The first kappa shape index (κ1) is 19.4. The minimum absolute atomic E-state index is 0.262. The molecule has 7 nitrogen and oxygen atoms in total. The maximum absolute atomic E-state index is 12.5. The predicted octanol–water partition coefficient (Wildman–Crippen LogP) is 2.62. The molecule has 2 unspecified atom stereocenters. The summed E-state index contributed by atoms with van der Waals surface area (Å²) in [6, 6.07) is 2.06. The molecule has 8 heteroatoms. The van der Waals surface area contributed by atoms with Crippen molar-refractivity contribution in [2.75, 3.05) is 13.2 Å². The van der Waals surface area contributed by atoms with Gasteiger partial charge in [-0.15, -0.1) is 0 Å². The van der Waals surface area contributed by atoms with Crippen LogP contribution in [0.2, 0.25) is 0 Å². The average molecular weight is 414 g/mol. The van der Waals surface area contributed by atoms with Gasteiger partial charge < -0.3 is 25.8 Å². The molecule has 0 saturated heterocycles. The second kappa shape index (κ2) is 8.94. The Morgan fingerprint density at radius 1 is 1.24 bits per heavy atom. The third-order valence-corrected chi connectivity index (χ3v) is 4.65. The smallest absolute Gasteiger partial charge is 0.312 e. The maximum Gasteiger partial charge on any atom is 0.312 e. The number of hydrogen-bond acceptors (Lipinski definition) is 4. The van der Waals surface area contributed by atoms with Crippen molar-refractivity contribution in [3.8, 4) is 11.5 Å². The van der Waals surface area contributed by atoms with Gasteiger partial charge in [0.15, 0.2) is 11.5 Å². The highest BCUT2D eigenvalue weighted by Gasteiger charge is 2.23. The highest BCUT2D eigenvalue weighted by atomic mass is 79.9. The molecule has 0 saturated carbocycles. The highest BCUT2D eigenvalue weighted by molar-refractivity contribution is 9.10. The second-order valence-corrected chi connectivity index (χ2v) is 6.81. The van der Waals surface area contributed by atoms with Crippen LogP contribution in [0.3, 0.4) is 0 Å². The van der Waals surface area contributed by atoms with Crippen molar-refractivity contribution in [1.82, 2.24) is 10.6 Å². The summed E-state index contributed by atoms with van der Waals surface area (Å²) in [4.78, 5) is 23.7. The van der Waals surface area contributed by atoms with Gasteiger partial charge in [-0.3, -0.25) is 4.79 Å². The minimum Gasteiger partial charge on any atom is -0.486 e. The second-order valence-electron chi connectivity index (χ2n) is 5.95.